The Morgan fingerprint density at radius 2 is 1.88 bits per heavy atom. The van der Waals surface area contributed by atoms with Crippen molar-refractivity contribution in [1.82, 2.24) is 0 Å². The quantitative estimate of drug-likeness (QED) is 0.449. The predicted octanol–water partition coefficient (Wildman–Crippen LogP) is 2.93. The number of unbranched alkanes of at least 4 members (excludes halogenated alkanes) is 3. The van der Waals surface area contributed by atoms with Crippen molar-refractivity contribution < 1.29 is 9.53 Å². The van der Waals surface area contributed by atoms with E-state index in [0.717, 1.165) is 18.4 Å². The summed E-state index contributed by atoms with van der Waals surface area (Å²) in [5.41, 5.74) is 7.22. The van der Waals surface area contributed by atoms with Crippen LogP contribution in [0.1, 0.15) is 38.2 Å². The Bertz CT molecular complexity index is 333. The zero-order valence-electron chi connectivity index (χ0n) is 10.4. The Balaban J connectivity index is 2.18. The molecule has 0 saturated heterocycles. The summed E-state index contributed by atoms with van der Waals surface area (Å²) in [5.74, 6) is -0.161. The Hall–Kier alpha value is -1.51. The molecule has 0 spiro atoms. The number of benzene rings is 1. The number of hydrogen-bond donors (Lipinski definition) is 1. The summed E-state index contributed by atoms with van der Waals surface area (Å²) in [4.78, 5) is 11.5. The molecule has 94 valence electrons. The number of hydrogen-bond acceptors (Lipinski definition) is 3. The van der Waals surface area contributed by atoms with Gasteiger partial charge < -0.3 is 10.5 Å². The maximum atomic E-state index is 11.5. The molecule has 1 rings (SSSR count). The van der Waals surface area contributed by atoms with E-state index in [9.17, 15) is 4.79 Å². The van der Waals surface area contributed by atoms with Gasteiger partial charge in [-0.1, -0.05) is 38.3 Å². The molecule has 1 aromatic carbocycles. The zero-order chi connectivity index (χ0) is 12.5. The van der Waals surface area contributed by atoms with Crippen molar-refractivity contribution in [3.63, 3.8) is 0 Å². The molecule has 0 bridgehead atoms. The lowest BCUT2D eigenvalue weighted by Crippen LogP contribution is -2.09. The van der Waals surface area contributed by atoms with Crippen LogP contribution in [-0.4, -0.2) is 12.6 Å². The van der Waals surface area contributed by atoms with Gasteiger partial charge in [0, 0.05) is 5.69 Å². The van der Waals surface area contributed by atoms with Gasteiger partial charge >= 0.3 is 5.97 Å². The van der Waals surface area contributed by atoms with Crippen molar-refractivity contribution in [2.75, 3.05) is 12.3 Å². The fourth-order valence-corrected chi connectivity index (χ4v) is 1.57. The number of anilines is 1. The molecule has 0 unspecified atom stereocenters. The minimum absolute atomic E-state index is 0.161. The SMILES string of the molecule is CCCCCCOC(=O)Cc1ccc(N)cc1. The number of ether oxygens (including phenoxy) is 1. The van der Waals surface area contributed by atoms with Gasteiger partial charge in [0.2, 0.25) is 0 Å². The molecule has 0 saturated carbocycles. The molecule has 17 heavy (non-hydrogen) atoms. The van der Waals surface area contributed by atoms with Gasteiger partial charge in [-0.15, -0.1) is 0 Å². The molecule has 0 aromatic heterocycles. The highest BCUT2D eigenvalue weighted by Gasteiger charge is 2.04. The lowest BCUT2D eigenvalue weighted by Gasteiger charge is -2.05. The highest BCUT2D eigenvalue weighted by Crippen LogP contribution is 2.07. The van der Waals surface area contributed by atoms with E-state index in [1.807, 2.05) is 12.1 Å². The first-order valence-electron chi connectivity index (χ1n) is 6.22. The van der Waals surface area contributed by atoms with E-state index < -0.39 is 0 Å². The van der Waals surface area contributed by atoms with E-state index in [-0.39, 0.29) is 5.97 Å². The monoisotopic (exact) mass is 235 g/mol. The summed E-state index contributed by atoms with van der Waals surface area (Å²) in [6.07, 6.45) is 4.82. The summed E-state index contributed by atoms with van der Waals surface area (Å²) in [5, 5.41) is 0. The van der Waals surface area contributed by atoms with E-state index in [1.54, 1.807) is 12.1 Å². The van der Waals surface area contributed by atoms with E-state index in [0.29, 0.717) is 18.7 Å². The number of carbonyl (C=O) groups excluding carboxylic acids is 1. The lowest BCUT2D eigenvalue weighted by atomic mass is 10.1. The smallest absolute Gasteiger partial charge is 0.310 e. The van der Waals surface area contributed by atoms with E-state index in [1.165, 1.54) is 12.8 Å². The third-order valence-corrected chi connectivity index (χ3v) is 2.59. The Kier molecular flexibility index (Phi) is 6.15. The van der Waals surface area contributed by atoms with Crippen LogP contribution in [0.2, 0.25) is 0 Å². The predicted molar refractivity (Wildman–Crippen MR) is 69.7 cm³/mol. The average molecular weight is 235 g/mol. The summed E-state index contributed by atoms with van der Waals surface area (Å²) in [6.45, 7) is 2.70. The van der Waals surface area contributed by atoms with Crippen LogP contribution >= 0.6 is 0 Å². The maximum Gasteiger partial charge on any atom is 0.310 e. The van der Waals surface area contributed by atoms with E-state index in [4.69, 9.17) is 10.5 Å². The van der Waals surface area contributed by atoms with Crippen molar-refractivity contribution in [2.45, 2.75) is 39.0 Å². The van der Waals surface area contributed by atoms with Crippen LogP contribution in [0.15, 0.2) is 24.3 Å². The molecular weight excluding hydrogens is 214 g/mol. The number of rotatable bonds is 7. The molecule has 3 heteroatoms. The second-order valence-corrected chi connectivity index (χ2v) is 4.20. The van der Waals surface area contributed by atoms with Gasteiger partial charge in [-0.25, -0.2) is 0 Å². The highest BCUT2D eigenvalue weighted by atomic mass is 16.5. The molecule has 0 amide bonds. The number of nitrogen functional groups attached to an aromatic ring is 1. The molecular formula is C14H21NO2. The molecule has 0 heterocycles. The topological polar surface area (TPSA) is 52.3 Å². The summed E-state index contributed by atoms with van der Waals surface area (Å²) < 4.78 is 5.15. The Morgan fingerprint density at radius 1 is 1.18 bits per heavy atom. The van der Waals surface area contributed by atoms with Crippen molar-refractivity contribution >= 4 is 11.7 Å². The average Bonchev–Trinajstić information content (AvgIpc) is 2.32. The van der Waals surface area contributed by atoms with Crippen molar-refractivity contribution in [3.8, 4) is 0 Å². The van der Waals surface area contributed by atoms with Crippen LogP contribution in [0.25, 0.3) is 0 Å². The van der Waals surface area contributed by atoms with Crippen LogP contribution in [0.5, 0.6) is 0 Å². The highest BCUT2D eigenvalue weighted by molar-refractivity contribution is 5.72. The van der Waals surface area contributed by atoms with Crippen molar-refractivity contribution in [1.29, 1.82) is 0 Å². The van der Waals surface area contributed by atoms with Crippen molar-refractivity contribution in [2.24, 2.45) is 0 Å². The van der Waals surface area contributed by atoms with Gasteiger partial charge in [0.15, 0.2) is 0 Å². The largest absolute Gasteiger partial charge is 0.465 e. The molecule has 0 aliphatic rings. The summed E-state index contributed by atoms with van der Waals surface area (Å²) in [7, 11) is 0. The van der Waals surface area contributed by atoms with Crippen LogP contribution in [0, 0.1) is 0 Å². The normalized spacial score (nSPS) is 10.2. The fraction of sp³-hybridized carbons (Fsp3) is 0.500. The van der Waals surface area contributed by atoms with Crippen LogP contribution < -0.4 is 5.73 Å². The van der Waals surface area contributed by atoms with Gasteiger partial charge in [-0.05, 0) is 24.1 Å². The number of esters is 1. The first kappa shape index (κ1) is 13.6. The van der Waals surface area contributed by atoms with Crippen LogP contribution in [-0.2, 0) is 16.0 Å². The third kappa shape index (κ3) is 5.95. The number of nitrogens with two attached hydrogens (primary N) is 1. The number of carbonyl (C=O) groups is 1. The third-order valence-electron chi connectivity index (χ3n) is 2.59. The molecule has 3 nitrogen and oxygen atoms in total. The Labute approximate surface area is 103 Å². The molecule has 0 radical (unpaired) electrons. The second kappa shape index (κ2) is 7.71. The van der Waals surface area contributed by atoms with Crippen molar-refractivity contribution in [3.05, 3.63) is 29.8 Å². The Morgan fingerprint density at radius 3 is 2.53 bits per heavy atom. The van der Waals surface area contributed by atoms with Gasteiger partial charge in [0.1, 0.15) is 0 Å². The summed E-state index contributed by atoms with van der Waals surface area (Å²) >= 11 is 0. The lowest BCUT2D eigenvalue weighted by molar-refractivity contribution is -0.142. The summed E-state index contributed by atoms with van der Waals surface area (Å²) in [6, 6.07) is 7.30. The first-order valence-corrected chi connectivity index (χ1v) is 6.22. The van der Waals surface area contributed by atoms with Gasteiger partial charge in [0.05, 0.1) is 13.0 Å². The standard InChI is InChI=1S/C14H21NO2/c1-2-3-4-5-10-17-14(16)11-12-6-8-13(15)9-7-12/h6-9H,2-5,10-11,15H2,1H3. The first-order chi connectivity index (χ1) is 8.22. The minimum Gasteiger partial charge on any atom is -0.465 e. The molecule has 0 atom stereocenters. The molecule has 1 aromatic rings. The van der Waals surface area contributed by atoms with Gasteiger partial charge in [-0.3, -0.25) is 4.79 Å². The maximum absolute atomic E-state index is 11.5. The molecule has 0 aliphatic carbocycles. The molecule has 2 N–H and O–H groups in total. The van der Waals surface area contributed by atoms with Crippen LogP contribution in [0.4, 0.5) is 5.69 Å². The minimum atomic E-state index is -0.161. The van der Waals surface area contributed by atoms with Gasteiger partial charge in [-0.2, -0.15) is 0 Å². The van der Waals surface area contributed by atoms with Crippen LogP contribution in [0.3, 0.4) is 0 Å². The zero-order valence-corrected chi connectivity index (χ0v) is 10.4. The molecule has 0 fully saturated rings. The van der Waals surface area contributed by atoms with E-state index >= 15 is 0 Å². The second-order valence-electron chi connectivity index (χ2n) is 4.20. The molecule has 0 aliphatic heterocycles. The van der Waals surface area contributed by atoms with Gasteiger partial charge in [0.25, 0.3) is 0 Å². The fourth-order valence-electron chi connectivity index (χ4n) is 1.57. The van der Waals surface area contributed by atoms with E-state index in [2.05, 4.69) is 6.92 Å².